The third kappa shape index (κ3) is 9.52. The molecule has 3 aliphatic rings. The Morgan fingerprint density at radius 3 is 2.49 bits per heavy atom. The minimum absolute atomic E-state index is 0.00559. The Morgan fingerprint density at radius 1 is 0.979 bits per heavy atom. The lowest BCUT2D eigenvalue weighted by Crippen LogP contribution is -2.55. The molecule has 1 aromatic carbocycles. The maximum absolute atomic E-state index is 14.1. The minimum Gasteiger partial charge on any atom is -0.485 e. The maximum Gasteiger partial charge on any atom is 0.255 e. The lowest BCUT2D eigenvalue weighted by Gasteiger charge is -2.32. The van der Waals surface area contributed by atoms with Gasteiger partial charge in [0.15, 0.2) is 6.61 Å². The molecule has 1 aromatic heterocycles. The second-order valence-corrected chi connectivity index (χ2v) is 13.4. The topological polar surface area (TPSA) is 167 Å². The van der Waals surface area contributed by atoms with E-state index in [9.17, 15) is 24.3 Å². The van der Waals surface area contributed by atoms with Crippen LogP contribution in [-0.4, -0.2) is 92.5 Å². The molecule has 2 bridgehead atoms. The number of hydrogen-bond acceptors (Lipinski definition) is 9. The zero-order valence-electron chi connectivity index (χ0n) is 27.5. The van der Waals surface area contributed by atoms with Gasteiger partial charge in [-0.05, 0) is 50.2 Å². The third-order valence-corrected chi connectivity index (χ3v) is 8.88. The largest absolute Gasteiger partial charge is 0.485 e. The number of ether oxygens (including phenoxy) is 1. The molecular weight excluding hydrogens is 604 g/mol. The molecule has 3 N–H and O–H groups in total. The van der Waals surface area contributed by atoms with Crippen LogP contribution in [0.1, 0.15) is 100 Å². The normalized spacial score (nSPS) is 24.7. The Bertz CT molecular complexity index is 1390. The molecule has 0 radical (unpaired) electrons. The Hall–Kier alpha value is -4.00. The summed E-state index contributed by atoms with van der Waals surface area (Å²) in [6.07, 6.45) is 7.63. The molecule has 13 heteroatoms. The molecule has 0 spiro atoms. The number of amides is 4. The van der Waals surface area contributed by atoms with Crippen LogP contribution in [-0.2, 0) is 27.4 Å². The predicted molar refractivity (Wildman–Crippen MR) is 171 cm³/mol. The summed E-state index contributed by atoms with van der Waals surface area (Å²) in [6, 6.07) is 4.80. The molecule has 5 rings (SSSR count). The van der Waals surface area contributed by atoms with Crippen LogP contribution in [0, 0.1) is 5.92 Å². The van der Waals surface area contributed by atoms with Gasteiger partial charge in [0.25, 0.3) is 5.91 Å². The van der Waals surface area contributed by atoms with Crippen LogP contribution in [0.4, 0.5) is 0 Å². The fraction of sp³-hybridized carbons (Fsp3) is 0.647. The first-order valence-electron chi connectivity index (χ1n) is 17.1. The number of aliphatic hydroxyl groups excluding tert-OH is 1. The summed E-state index contributed by atoms with van der Waals surface area (Å²) in [5.41, 5.74) is 0.235. The fourth-order valence-electron chi connectivity index (χ4n) is 6.30. The van der Waals surface area contributed by atoms with E-state index in [2.05, 4.69) is 20.8 Å². The molecule has 1 aliphatic carbocycles. The fourth-order valence-corrected chi connectivity index (χ4v) is 6.30. The lowest BCUT2D eigenvalue weighted by molar-refractivity contribution is -0.146. The summed E-state index contributed by atoms with van der Waals surface area (Å²) >= 11 is 0. The van der Waals surface area contributed by atoms with Crippen molar-refractivity contribution in [2.24, 2.45) is 5.92 Å². The Kier molecular flexibility index (Phi) is 11.8. The second kappa shape index (κ2) is 16.2. The van der Waals surface area contributed by atoms with E-state index in [1.54, 1.807) is 29.2 Å². The van der Waals surface area contributed by atoms with E-state index in [0.29, 0.717) is 36.9 Å². The molecule has 256 valence electrons. The number of rotatable bonds is 3. The van der Waals surface area contributed by atoms with E-state index in [0.717, 1.165) is 51.4 Å². The lowest BCUT2D eigenvalue weighted by atomic mass is 10.0. The Balaban J connectivity index is 1.37. The molecule has 2 fully saturated rings. The highest BCUT2D eigenvalue weighted by Gasteiger charge is 2.46. The van der Waals surface area contributed by atoms with E-state index in [4.69, 9.17) is 9.26 Å². The monoisotopic (exact) mass is 652 g/mol. The number of nitrogens with zero attached hydrogens (tertiary/aromatic N) is 4. The van der Waals surface area contributed by atoms with Gasteiger partial charge in [-0.3, -0.25) is 19.2 Å². The number of benzene rings is 1. The molecule has 2 aliphatic heterocycles. The number of carbonyl (C=O) groups excluding carboxylic acids is 4. The van der Waals surface area contributed by atoms with Crippen molar-refractivity contribution in [1.82, 2.24) is 30.6 Å². The van der Waals surface area contributed by atoms with Gasteiger partial charge in [-0.2, -0.15) is 4.98 Å². The zero-order valence-corrected chi connectivity index (χ0v) is 27.5. The SMILES string of the molecule is CC(C)C[C@H]1NC(=O)c2ccccc2OCc2noc(n2)CCCCCCCCNC(=O)CN(C2CC2)C(=O)[C@H]2C[C@H](O)CN2C1=O. The summed E-state index contributed by atoms with van der Waals surface area (Å²) in [7, 11) is 0. The zero-order chi connectivity index (χ0) is 33.3. The minimum atomic E-state index is -0.952. The molecule has 0 unspecified atom stereocenters. The standard InChI is InChI=1S/C34H48N6O7/c1-22(2)17-26-33(44)40-19-24(41)18-27(40)34(45)39(23-14-15-23)20-30(42)35-16-10-6-4-3-5-7-13-31-37-29(38-47-31)21-46-28-12-9-8-11-25(28)32(43)36-26/h8-9,11-12,22-24,26-27,41H,3-7,10,13-21H2,1-2H3,(H,35,42)(H,36,43)/t24-,26+,27+/m0/s1. The van der Waals surface area contributed by atoms with Crippen LogP contribution >= 0.6 is 0 Å². The summed E-state index contributed by atoms with van der Waals surface area (Å²) in [4.78, 5) is 62.0. The van der Waals surface area contributed by atoms with Crippen molar-refractivity contribution in [2.75, 3.05) is 19.6 Å². The number of carbonyl (C=O) groups is 4. The van der Waals surface area contributed by atoms with Crippen molar-refractivity contribution in [1.29, 1.82) is 0 Å². The average Bonchev–Trinajstić information content (AvgIpc) is 3.66. The number of nitrogens with one attached hydrogen (secondary N) is 2. The van der Waals surface area contributed by atoms with Crippen LogP contribution in [0.15, 0.2) is 28.8 Å². The average molecular weight is 653 g/mol. The maximum atomic E-state index is 14.1. The van der Waals surface area contributed by atoms with Gasteiger partial charge in [-0.15, -0.1) is 0 Å². The first-order chi connectivity index (χ1) is 22.7. The Labute approximate surface area is 275 Å². The number of aliphatic hydroxyl groups is 1. The van der Waals surface area contributed by atoms with Crippen molar-refractivity contribution >= 4 is 23.6 Å². The summed E-state index contributed by atoms with van der Waals surface area (Å²) in [5, 5.41) is 20.5. The van der Waals surface area contributed by atoms with Gasteiger partial charge in [-0.25, -0.2) is 0 Å². The molecule has 47 heavy (non-hydrogen) atoms. The molecule has 1 saturated carbocycles. The van der Waals surface area contributed by atoms with E-state index in [-0.39, 0.29) is 55.5 Å². The van der Waals surface area contributed by atoms with E-state index >= 15 is 0 Å². The summed E-state index contributed by atoms with van der Waals surface area (Å²) in [6.45, 7) is 4.31. The van der Waals surface area contributed by atoms with Crippen molar-refractivity contribution in [3.8, 4) is 5.75 Å². The highest BCUT2D eigenvalue weighted by atomic mass is 16.5. The van der Waals surface area contributed by atoms with E-state index in [1.165, 1.54) is 4.90 Å². The van der Waals surface area contributed by atoms with Crippen LogP contribution < -0.4 is 15.4 Å². The van der Waals surface area contributed by atoms with Gasteiger partial charge in [0, 0.05) is 32.0 Å². The van der Waals surface area contributed by atoms with Gasteiger partial charge in [0.05, 0.1) is 18.2 Å². The van der Waals surface area contributed by atoms with Crippen LogP contribution in [0.5, 0.6) is 5.75 Å². The van der Waals surface area contributed by atoms with E-state index < -0.39 is 30.0 Å². The quantitative estimate of drug-likeness (QED) is 0.452. The highest BCUT2D eigenvalue weighted by molar-refractivity contribution is 6.00. The molecule has 1 saturated heterocycles. The number of aromatic nitrogens is 2. The molecule has 3 heterocycles. The highest BCUT2D eigenvalue weighted by Crippen LogP contribution is 2.31. The Morgan fingerprint density at radius 2 is 1.72 bits per heavy atom. The molecule has 13 nitrogen and oxygen atoms in total. The number of aryl methyl sites for hydroxylation is 1. The summed E-state index contributed by atoms with van der Waals surface area (Å²) < 4.78 is 11.3. The molecule has 2 aromatic rings. The number of hydrogen-bond donors (Lipinski definition) is 3. The van der Waals surface area contributed by atoms with Crippen molar-refractivity contribution < 1.29 is 33.5 Å². The second-order valence-electron chi connectivity index (χ2n) is 13.4. The third-order valence-electron chi connectivity index (χ3n) is 8.88. The van der Waals surface area contributed by atoms with Gasteiger partial charge in [0.1, 0.15) is 17.8 Å². The van der Waals surface area contributed by atoms with Crippen LogP contribution in [0.3, 0.4) is 0 Å². The van der Waals surface area contributed by atoms with Crippen LogP contribution in [0.2, 0.25) is 0 Å². The first kappa shape index (κ1) is 34.3. The van der Waals surface area contributed by atoms with Crippen molar-refractivity contribution in [3.63, 3.8) is 0 Å². The van der Waals surface area contributed by atoms with E-state index in [1.807, 2.05) is 13.8 Å². The van der Waals surface area contributed by atoms with Gasteiger partial charge < -0.3 is 34.8 Å². The van der Waals surface area contributed by atoms with Crippen LogP contribution in [0.25, 0.3) is 0 Å². The molecule has 4 amide bonds. The molecular formula is C34H48N6O7. The predicted octanol–water partition coefficient (Wildman–Crippen LogP) is 2.76. The van der Waals surface area contributed by atoms with Crippen molar-refractivity contribution in [3.05, 3.63) is 41.5 Å². The number of fused-ring (bicyclic) bond motifs is 4. The number of para-hydroxylation sites is 1. The van der Waals surface area contributed by atoms with Gasteiger partial charge in [-0.1, -0.05) is 56.8 Å². The van der Waals surface area contributed by atoms with Gasteiger partial charge in [0.2, 0.25) is 29.4 Å². The smallest absolute Gasteiger partial charge is 0.255 e. The summed E-state index contributed by atoms with van der Waals surface area (Å²) in [5.74, 6) is -0.267. The first-order valence-corrected chi connectivity index (χ1v) is 17.1. The molecule has 3 atom stereocenters. The van der Waals surface area contributed by atoms with Crippen molar-refractivity contribution in [2.45, 2.75) is 115 Å². The van der Waals surface area contributed by atoms with Gasteiger partial charge >= 0.3 is 0 Å².